The van der Waals surface area contributed by atoms with Gasteiger partial charge in [-0.2, -0.15) is 0 Å². The summed E-state index contributed by atoms with van der Waals surface area (Å²) in [5.74, 6) is 0. The van der Waals surface area contributed by atoms with Crippen molar-refractivity contribution in [2.24, 2.45) is 11.1 Å². The summed E-state index contributed by atoms with van der Waals surface area (Å²) >= 11 is 5.12. The maximum atomic E-state index is 10.9. The summed E-state index contributed by atoms with van der Waals surface area (Å²) in [6.45, 7) is 0.507. The fourth-order valence-electron chi connectivity index (χ4n) is 3.12. The molecule has 0 fully saturated rings. The van der Waals surface area contributed by atoms with Crippen molar-refractivity contribution in [3.05, 3.63) is 56.2 Å². The van der Waals surface area contributed by atoms with Crippen LogP contribution in [0.1, 0.15) is 28.5 Å². The number of hydrogen-bond acceptors (Lipinski definition) is 3. The van der Waals surface area contributed by atoms with Crippen LogP contribution in [-0.4, -0.2) is 11.7 Å². The first-order valence-corrected chi connectivity index (χ1v) is 8.51. The molecule has 4 heteroatoms. The molecule has 0 aliphatic heterocycles. The number of nitrogens with two attached hydrogens (primary N) is 1. The third kappa shape index (κ3) is 2.35. The van der Waals surface area contributed by atoms with Crippen LogP contribution >= 0.6 is 27.3 Å². The third-order valence-electron chi connectivity index (χ3n) is 4.43. The molecular weight excluding hydrogens is 334 g/mol. The lowest BCUT2D eigenvalue weighted by atomic mass is 9.68. The summed E-state index contributed by atoms with van der Waals surface area (Å²) < 4.78 is 0.988. The van der Waals surface area contributed by atoms with Gasteiger partial charge in [0.2, 0.25) is 0 Å². The van der Waals surface area contributed by atoms with E-state index in [9.17, 15) is 5.11 Å². The van der Waals surface area contributed by atoms with Gasteiger partial charge < -0.3 is 10.8 Å². The van der Waals surface area contributed by atoms with Gasteiger partial charge in [-0.3, -0.25) is 0 Å². The number of aryl methyl sites for hydroxylation is 1. The van der Waals surface area contributed by atoms with Crippen LogP contribution in [0.15, 0.2) is 40.2 Å². The Morgan fingerprint density at radius 1 is 1.30 bits per heavy atom. The second kappa shape index (κ2) is 5.60. The second-order valence-corrected chi connectivity index (χ2v) is 7.35. The van der Waals surface area contributed by atoms with Gasteiger partial charge in [-0.05, 0) is 57.8 Å². The van der Waals surface area contributed by atoms with E-state index in [1.165, 1.54) is 11.1 Å². The minimum atomic E-state index is -0.504. The SMILES string of the molecule is NCC1(C(O)c2sccc2Br)CCc2ccccc2C1. The Balaban J connectivity index is 1.96. The highest BCUT2D eigenvalue weighted by Gasteiger charge is 2.41. The molecule has 1 aromatic carbocycles. The van der Waals surface area contributed by atoms with Crippen LogP contribution in [0.25, 0.3) is 0 Å². The van der Waals surface area contributed by atoms with Crippen molar-refractivity contribution in [3.8, 4) is 0 Å². The highest BCUT2D eigenvalue weighted by molar-refractivity contribution is 9.10. The lowest BCUT2D eigenvalue weighted by Gasteiger charge is -2.41. The average molecular weight is 352 g/mol. The molecular formula is C16H18BrNOS. The maximum Gasteiger partial charge on any atom is 0.0964 e. The van der Waals surface area contributed by atoms with Crippen LogP contribution in [0.5, 0.6) is 0 Å². The van der Waals surface area contributed by atoms with Crippen LogP contribution in [0.4, 0.5) is 0 Å². The Morgan fingerprint density at radius 3 is 2.70 bits per heavy atom. The Labute approximate surface area is 131 Å². The first-order chi connectivity index (χ1) is 9.66. The molecule has 0 saturated heterocycles. The van der Waals surface area contributed by atoms with Crippen LogP contribution in [0, 0.1) is 5.41 Å². The van der Waals surface area contributed by atoms with E-state index in [2.05, 4.69) is 40.2 Å². The molecule has 1 aliphatic rings. The highest BCUT2D eigenvalue weighted by atomic mass is 79.9. The Hall–Kier alpha value is -0.680. The first kappa shape index (κ1) is 14.3. The zero-order valence-electron chi connectivity index (χ0n) is 11.2. The molecule has 20 heavy (non-hydrogen) atoms. The van der Waals surface area contributed by atoms with Crippen LogP contribution in [0.2, 0.25) is 0 Å². The number of halogens is 1. The van der Waals surface area contributed by atoms with Gasteiger partial charge in [0.1, 0.15) is 0 Å². The molecule has 2 atom stereocenters. The van der Waals surface area contributed by atoms with Gasteiger partial charge >= 0.3 is 0 Å². The first-order valence-electron chi connectivity index (χ1n) is 6.84. The average Bonchev–Trinajstić information content (AvgIpc) is 2.92. The molecule has 3 N–H and O–H groups in total. The second-order valence-electron chi connectivity index (χ2n) is 5.55. The van der Waals surface area contributed by atoms with Crippen LogP contribution < -0.4 is 5.73 Å². The molecule has 0 spiro atoms. The fourth-order valence-corrected chi connectivity index (χ4v) is 4.84. The van der Waals surface area contributed by atoms with Crippen molar-refractivity contribution in [1.82, 2.24) is 0 Å². The van der Waals surface area contributed by atoms with Gasteiger partial charge in [0.25, 0.3) is 0 Å². The van der Waals surface area contributed by atoms with Gasteiger partial charge in [-0.25, -0.2) is 0 Å². The van der Waals surface area contributed by atoms with E-state index >= 15 is 0 Å². The minimum Gasteiger partial charge on any atom is -0.387 e. The van der Waals surface area contributed by atoms with E-state index < -0.39 is 6.10 Å². The third-order valence-corrected chi connectivity index (χ3v) is 6.36. The predicted octanol–water partition coefficient (Wildman–Crippen LogP) is 3.68. The van der Waals surface area contributed by atoms with Gasteiger partial charge in [0.05, 0.1) is 6.10 Å². The van der Waals surface area contributed by atoms with Gasteiger partial charge in [-0.1, -0.05) is 24.3 Å². The summed E-state index contributed by atoms with van der Waals surface area (Å²) in [6, 6.07) is 10.5. The molecule has 1 aromatic heterocycles. The number of benzene rings is 1. The summed E-state index contributed by atoms with van der Waals surface area (Å²) in [6.07, 6.45) is 2.28. The van der Waals surface area contributed by atoms with E-state index in [0.29, 0.717) is 6.54 Å². The number of rotatable bonds is 3. The lowest BCUT2D eigenvalue weighted by molar-refractivity contribution is 0.0199. The van der Waals surface area contributed by atoms with Gasteiger partial charge in [0, 0.05) is 21.3 Å². The maximum absolute atomic E-state index is 10.9. The van der Waals surface area contributed by atoms with Crippen molar-refractivity contribution >= 4 is 27.3 Å². The van der Waals surface area contributed by atoms with E-state index in [-0.39, 0.29) is 5.41 Å². The topological polar surface area (TPSA) is 46.2 Å². The molecule has 1 aliphatic carbocycles. The monoisotopic (exact) mass is 351 g/mol. The Kier molecular flexibility index (Phi) is 4.00. The quantitative estimate of drug-likeness (QED) is 0.885. The standard InChI is InChI=1S/C16H18BrNOS/c17-13-6-8-20-14(13)15(19)16(10-18)7-5-11-3-1-2-4-12(11)9-16/h1-4,6,8,15,19H,5,7,9-10,18H2. The van der Waals surface area contributed by atoms with Crippen molar-refractivity contribution in [1.29, 1.82) is 0 Å². The minimum absolute atomic E-state index is 0.248. The molecule has 3 rings (SSSR count). The van der Waals surface area contributed by atoms with E-state index in [1.807, 2.05) is 11.4 Å². The van der Waals surface area contributed by atoms with Crippen LogP contribution in [-0.2, 0) is 12.8 Å². The Morgan fingerprint density at radius 2 is 2.05 bits per heavy atom. The van der Waals surface area contributed by atoms with Crippen molar-refractivity contribution in [2.75, 3.05) is 6.54 Å². The molecule has 0 saturated carbocycles. The van der Waals surface area contributed by atoms with Crippen molar-refractivity contribution in [2.45, 2.75) is 25.4 Å². The zero-order chi connectivity index (χ0) is 14.2. The Bertz CT molecular complexity index is 612. The molecule has 2 aromatic rings. The van der Waals surface area contributed by atoms with E-state index in [0.717, 1.165) is 28.6 Å². The van der Waals surface area contributed by atoms with Gasteiger partial charge in [0.15, 0.2) is 0 Å². The smallest absolute Gasteiger partial charge is 0.0964 e. The molecule has 1 heterocycles. The van der Waals surface area contributed by atoms with Crippen molar-refractivity contribution < 1.29 is 5.11 Å². The van der Waals surface area contributed by atoms with Crippen LogP contribution in [0.3, 0.4) is 0 Å². The largest absolute Gasteiger partial charge is 0.387 e. The van der Waals surface area contributed by atoms with Crippen molar-refractivity contribution in [3.63, 3.8) is 0 Å². The van der Waals surface area contributed by atoms with E-state index in [1.54, 1.807) is 11.3 Å². The molecule has 106 valence electrons. The highest BCUT2D eigenvalue weighted by Crippen LogP contribution is 2.47. The lowest BCUT2D eigenvalue weighted by Crippen LogP contribution is -2.41. The number of hydrogen-bond donors (Lipinski definition) is 2. The summed E-state index contributed by atoms with van der Waals surface area (Å²) in [4.78, 5) is 0.995. The summed E-state index contributed by atoms with van der Waals surface area (Å²) in [5.41, 5.74) is 8.56. The number of thiophene rings is 1. The summed E-state index contributed by atoms with van der Waals surface area (Å²) in [5, 5.41) is 12.9. The fraction of sp³-hybridized carbons (Fsp3) is 0.375. The predicted molar refractivity (Wildman–Crippen MR) is 86.9 cm³/mol. The zero-order valence-corrected chi connectivity index (χ0v) is 13.6. The molecule has 0 radical (unpaired) electrons. The van der Waals surface area contributed by atoms with E-state index in [4.69, 9.17) is 5.73 Å². The molecule has 2 nitrogen and oxygen atoms in total. The molecule has 0 bridgehead atoms. The van der Waals surface area contributed by atoms with Gasteiger partial charge in [-0.15, -0.1) is 11.3 Å². The molecule has 0 amide bonds. The normalized spacial score (nSPS) is 23.4. The summed E-state index contributed by atoms with van der Waals surface area (Å²) in [7, 11) is 0. The number of aliphatic hydroxyl groups is 1. The number of fused-ring (bicyclic) bond motifs is 1. The number of aliphatic hydroxyl groups excluding tert-OH is 1. The molecule has 2 unspecified atom stereocenters.